The molecule has 0 aromatic carbocycles. The molecule has 1 amide bonds. The third kappa shape index (κ3) is 1.50. The van der Waals surface area contributed by atoms with E-state index in [9.17, 15) is 9.59 Å². The highest BCUT2D eigenvalue weighted by Gasteiger charge is 2.31. The third-order valence-electron chi connectivity index (χ3n) is 1.63. The van der Waals surface area contributed by atoms with Crippen molar-refractivity contribution >= 4 is 11.9 Å². The number of nitrogens with one attached hydrogen (secondary N) is 1. The molecule has 0 aromatic rings. The van der Waals surface area contributed by atoms with E-state index in [0.29, 0.717) is 6.42 Å². The Morgan fingerprint density at radius 1 is 1.55 bits per heavy atom. The highest BCUT2D eigenvalue weighted by molar-refractivity contribution is 5.92. The van der Waals surface area contributed by atoms with Crippen molar-refractivity contribution in [2.75, 3.05) is 0 Å². The van der Waals surface area contributed by atoms with Crippen LogP contribution < -0.4 is 5.32 Å². The van der Waals surface area contributed by atoms with Crippen LogP contribution in [0, 0.1) is 0 Å². The van der Waals surface area contributed by atoms with Crippen molar-refractivity contribution in [3.05, 3.63) is 0 Å². The van der Waals surface area contributed by atoms with Crippen molar-refractivity contribution < 1.29 is 14.3 Å². The maximum atomic E-state index is 11.0. The Bertz CT molecular complexity index is 190. The van der Waals surface area contributed by atoms with Gasteiger partial charge in [-0.15, -0.1) is 0 Å². The van der Waals surface area contributed by atoms with E-state index in [-0.39, 0.29) is 11.9 Å². The topological polar surface area (TPSA) is 55.4 Å². The number of cyclic esters (lactones) is 1. The lowest BCUT2D eigenvalue weighted by atomic mass is 10.2. The fraction of sp³-hybridized carbons (Fsp3) is 0.714. The average Bonchev–Trinajstić information content (AvgIpc) is 1.97. The molecule has 0 aliphatic carbocycles. The first-order chi connectivity index (χ1) is 5.15. The minimum absolute atomic E-state index is 0.195. The highest BCUT2D eigenvalue weighted by Crippen LogP contribution is 2.06. The first-order valence-electron chi connectivity index (χ1n) is 3.66. The Labute approximate surface area is 64.9 Å². The minimum atomic E-state index is -0.585. The number of hydrogen-bond acceptors (Lipinski definition) is 3. The lowest BCUT2D eigenvalue weighted by Crippen LogP contribution is -2.52. The van der Waals surface area contributed by atoms with Gasteiger partial charge in [0.2, 0.25) is 0 Å². The van der Waals surface area contributed by atoms with Crippen molar-refractivity contribution in [3.63, 3.8) is 0 Å². The fourth-order valence-corrected chi connectivity index (χ4v) is 0.930. The molecule has 0 saturated carbocycles. The molecule has 4 heteroatoms. The van der Waals surface area contributed by atoms with E-state index in [1.807, 2.05) is 0 Å². The standard InChI is InChI=1S/C7H11NO3/c1-3-5-6(9)8-4(2)7(10)11-5/h4-5H,3H2,1-2H3,(H,8,9)/t4-,5-/m0/s1. The number of esters is 1. The van der Waals surface area contributed by atoms with Crippen molar-refractivity contribution in [2.45, 2.75) is 32.4 Å². The van der Waals surface area contributed by atoms with Crippen LogP contribution in [0.3, 0.4) is 0 Å². The predicted molar refractivity (Wildman–Crippen MR) is 37.8 cm³/mol. The Hall–Kier alpha value is -1.06. The van der Waals surface area contributed by atoms with Crippen LogP contribution in [0.4, 0.5) is 0 Å². The number of ether oxygens (including phenoxy) is 1. The lowest BCUT2D eigenvalue weighted by Gasteiger charge is -2.25. The zero-order chi connectivity index (χ0) is 8.43. The summed E-state index contributed by atoms with van der Waals surface area (Å²) in [6.45, 7) is 3.40. The second-order valence-corrected chi connectivity index (χ2v) is 2.56. The van der Waals surface area contributed by atoms with E-state index in [4.69, 9.17) is 4.74 Å². The summed E-state index contributed by atoms with van der Waals surface area (Å²) < 4.78 is 4.81. The molecule has 1 aliphatic heterocycles. The zero-order valence-corrected chi connectivity index (χ0v) is 6.59. The summed E-state index contributed by atoms with van der Waals surface area (Å²) in [6, 6.07) is -0.495. The number of hydrogen-bond donors (Lipinski definition) is 1. The number of carbonyl (C=O) groups excluding carboxylic acids is 2. The molecule has 0 bridgehead atoms. The molecule has 0 spiro atoms. The summed E-state index contributed by atoms with van der Waals surface area (Å²) in [4.78, 5) is 21.9. The van der Waals surface area contributed by atoms with Gasteiger partial charge in [0.1, 0.15) is 6.04 Å². The van der Waals surface area contributed by atoms with Crippen LogP contribution in [0.2, 0.25) is 0 Å². The number of amides is 1. The van der Waals surface area contributed by atoms with Gasteiger partial charge < -0.3 is 10.1 Å². The van der Waals surface area contributed by atoms with Gasteiger partial charge in [-0.05, 0) is 13.3 Å². The second-order valence-electron chi connectivity index (χ2n) is 2.56. The lowest BCUT2D eigenvalue weighted by molar-refractivity contribution is -0.165. The van der Waals surface area contributed by atoms with E-state index in [1.54, 1.807) is 13.8 Å². The SMILES string of the molecule is CC[C@@H]1OC(=O)[C@H](C)NC1=O. The monoisotopic (exact) mass is 157 g/mol. The second kappa shape index (κ2) is 2.90. The van der Waals surface area contributed by atoms with Crippen LogP contribution in [-0.4, -0.2) is 24.0 Å². The molecule has 0 aromatic heterocycles. The normalized spacial score (nSPS) is 31.1. The molecule has 11 heavy (non-hydrogen) atoms. The van der Waals surface area contributed by atoms with Crippen LogP contribution in [0.15, 0.2) is 0 Å². The molecule has 62 valence electrons. The molecule has 0 unspecified atom stereocenters. The molecule has 1 heterocycles. The number of morpholine rings is 1. The molecular formula is C7H11NO3. The van der Waals surface area contributed by atoms with Crippen LogP contribution in [-0.2, 0) is 14.3 Å². The van der Waals surface area contributed by atoms with Crippen LogP contribution in [0.25, 0.3) is 0 Å². The average molecular weight is 157 g/mol. The molecule has 1 N–H and O–H groups in total. The Kier molecular flexibility index (Phi) is 2.12. The van der Waals surface area contributed by atoms with Crippen molar-refractivity contribution in [1.29, 1.82) is 0 Å². The van der Waals surface area contributed by atoms with E-state index in [0.717, 1.165) is 0 Å². The van der Waals surface area contributed by atoms with Gasteiger partial charge in [-0.3, -0.25) is 4.79 Å². The molecule has 2 atom stereocenters. The maximum absolute atomic E-state index is 11.0. The molecule has 1 fully saturated rings. The first kappa shape index (κ1) is 8.04. The zero-order valence-electron chi connectivity index (χ0n) is 6.59. The fourth-order valence-electron chi connectivity index (χ4n) is 0.930. The Balaban J connectivity index is 2.62. The first-order valence-corrected chi connectivity index (χ1v) is 3.66. The van der Waals surface area contributed by atoms with Crippen molar-refractivity contribution in [3.8, 4) is 0 Å². The van der Waals surface area contributed by atoms with E-state index in [2.05, 4.69) is 5.32 Å². The summed E-state index contributed by atoms with van der Waals surface area (Å²) in [7, 11) is 0. The summed E-state index contributed by atoms with van der Waals surface area (Å²) in [5.41, 5.74) is 0. The smallest absolute Gasteiger partial charge is 0.329 e. The molecule has 0 radical (unpaired) electrons. The summed E-state index contributed by atoms with van der Waals surface area (Å²) in [5.74, 6) is -0.545. The van der Waals surface area contributed by atoms with Gasteiger partial charge in [0.25, 0.3) is 5.91 Å². The highest BCUT2D eigenvalue weighted by atomic mass is 16.6. The molecule has 4 nitrogen and oxygen atoms in total. The Morgan fingerprint density at radius 3 is 2.73 bits per heavy atom. The molecule has 1 saturated heterocycles. The van der Waals surface area contributed by atoms with Gasteiger partial charge in [-0.1, -0.05) is 6.92 Å². The minimum Gasteiger partial charge on any atom is -0.451 e. The summed E-state index contributed by atoms with van der Waals surface area (Å²) >= 11 is 0. The number of carbonyl (C=O) groups is 2. The Morgan fingerprint density at radius 2 is 2.18 bits per heavy atom. The predicted octanol–water partition coefficient (Wildman–Crippen LogP) is -0.173. The molecular weight excluding hydrogens is 146 g/mol. The van der Waals surface area contributed by atoms with Gasteiger partial charge in [-0.25, -0.2) is 4.79 Å². The van der Waals surface area contributed by atoms with Crippen molar-refractivity contribution in [1.82, 2.24) is 5.32 Å². The van der Waals surface area contributed by atoms with Gasteiger partial charge in [0, 0.05) is 0 Å². The maximum Gasteiger partial charge on any atom is 0.329 e. The van der Waals surface area contributed by atoms with E-state index in [1.165, 1.54) is 0 Å². The largest absolute Gasteiger partial charge is 0.451 e. The summed E-state index contributed by atoms with van der Waals surface area (Å²) in [6.07, 6.45) is -0.0525. The number of rotatable bonds is 1. The van der Waals surface area contributed by atoms with Gasteiger partial charge in [0.15, 0.2) is 6.10 Å². The van der Waals surface area contributed by atoms with Crippen LogP contribution >= 0.6 is 0 Å². The van der Waals surface area contributed by atoms with Crippen molar-refractivity contribution in [2.24, 2.45) is 0 Å². The van der Waals surface area contributed by atoms with Gasteiger partial charge in [-0.2, -0.15) is 0 Å². The van der Waals surface area contributed by atoms with E-state index >= 15 is 0 Å². The summed E-state index contributed by atoms with van der Waals surface area (Å²) in [5, 5.41) is 2.52. The quantitative estimate of drug-likeness (QED) is 0.537. The van der Waals surface area contributed by atoms with Gasteiger partial charge >= 0.3 is 5.97 Å². The third-order valence-corrected chi connectivity index (χ3v) is 1.63. The molecule has 1 aliphatic rings. The van der Waals surface area contributed by atoms with Crippen LogP contribution in [0.5, 0.6) is 0 Å². The van der Waals surface area contributed by atoms with Crippen LogP contribution in [0.1, 0.15) is 20.3 Å². The molecule has 1 rings (SSSR count). The van der Waals surface area contributed by atoms with E-state index < -0.39 is 12.1 Å². The van der Waals surface area contributed by atoms with Gasteiger partial charge in [0.05, 0.1) is 0 Å².